The molecular weight excluding hydrogens is 366 g/mol. The van der Waals surface area contributed by atoms with Crippen LogP contribution in [0.5, 0.6) is 0 Å². The lowest BCUT2D eigenvalue weighted by atomic mass is 9.93. The van der Waals surface area contributed by atoms with Crippen molar-refractivity contribution in [2.75, 3.05) is 0 Å². The summed E-state index contributed by atoms with van der Waals surface area (Å²) in [5.74, 6) is 2.05. The fraction of sp³-hybridized carbons (Fsp3) is 0.407. The molecule has 0 aliphatic heterocycles. The fourth-order valence-electron chi connectivity index (χ4n) is 4.38. The quantitative estimate of drug-likeness (QED) is 0.347. The zero-order valence-electron chi connectivity index (χ0n) is 19.8. The molecule has 0 saturated heterocycles. The fourth-order valence-corrected chi connectivity index (χ4v) is 4.38. The molecule has 0 fully saturated rings. The van der Waals surface area contributed by atoms with Crippen molar-refractivity contribution in [2.45, 2.75) is 73.6 Å². The highest BCUT2D eigenvalue weighted by molar-refractivity contribution is 5.86. The Bertz CT molecular complexity index is 1020. The number of imidazole rings is 1. The van der Waals surface area contributed by atoms with E-state index in [-0.39, 0.29) is 0 Å². The molecule has 1 N–H and O–H groups in total. The Hall–Kier alpha value is -2.68. The average Bonchev–Trinajstić information content (AvgIpc) is 3.08. The van der Waals surface area contributed by atoms with E-state index in [2.05, 4.69) is 101 Å². The van der Waals surface area contributed by atoms with Gasteiger partial charge in [0.25, 0.3) is 5.82 Å². The Labute approximate surface area is 181 Å². The number of nitrogens with one attached hydrogen (secondary N) is 1. The van der Waals surface area contributed by atoms with Gasteiger partial charge in [0.15, 0.2) is 0 Å². The van der Waals surface area contributed by atoms with Crippen LogP contribution in [0, 0.1) is 20.8 Å². The monoisotopic (exact) mass is 402 g/mol. The number of aromatic nitrogens is 2. The van der Waals surface area contributed by atoms with Gasteiger partial charge in [-0.2, -0.15) is 4.57 Å². The van der Waals surface area contributed by atoms with E-state index in [9.17, 15) is 0 Å². The van der Waals surface area contributed by atoms with Gasteiger partial charge in [0.05, 0.1) is 12.1 Å². The Morgan fingerprint density at radius 3 is 2.07 bits per heavy atom. The standard InChI is InChI=1S/C27H35N3/c1-17(2)23-10-9-11-24(18(3)4)26(23)29-22(8)16-25-28-12-13-30(25)27-20(6)14-19(5)15-21(27)7/h9-15,17-18H,16H2,1-8H3/p+1. The molecule has 0 aliphatic carbocycles. The highest BCUT2D eigenvalue weighted by Gasteiger charge is 2.19. The van der Waals surface area contributed by atoms with Crippen molar-refractivity contribution in [3.05, 3.63) is 76.4 Å². The van der Waals surface area contributed by atoms with Gasteiger partial charge in [-0.05, 0) is 61.8 Å². The highest BCUT2D eigenvalue weighted by atomic mass is 15.1. The summed E-state index contributed by atoms with van der Waals surface area (Å²) in [5, 5.41) is 0. The number of H-pyrrole nitrogens is 1. The molecule has 3 rings (SSSR count). The predicted octanol–water partition coefficient (Wildman–Crippen LogP) is 6.80. The van der Waals surface area contributed by atoms with Crippen molar-refractivity contribution in [1.29, 1.82) is 0 Å². The molecule has 0 unspecified atom stereocenters. The van der Waals surface area contributed by atoms with E-state index in [4.69, 9.17) is 4.99 Å². The molecule has 0 spiro atoms. The predicted molar refractivity (Wildman–Crippen MR) is 128 cm³/mol. The molecule has 30 heavy (non-hydrogen) atoms. The van der Waals surface area contributed by atoms with Gasteiger partial charge in [0.2, 0.25) is 0 Å². The second-order valence-electron chi connectivity index (χ2n) is 9.14. The summed E-state index contributed by atoms with van der Waals surface area (Å²) < 4.78 is 2.28. The van der Waals surface area contributed by atoms with Gasteiger partial charge in [-0.3, -0.25) is 4.99 Å². The summed E-state index contributed by atoms with van der Waals surface area (Å²) in [7, 11) is 0. The molecule has 0 saturated carbocycles. The molecule has 0 radical (unpaired) electrons. The van der Waals surface area contributed by atoms with E-state index < -0.39 is 0 Å². The molecule has 3 heteroatoms. The van der Waals surface area contributed by atoms with Crippen LogP contribution in [-0.2, 0) is 6.42 Å². The van der Waals surface area contributed by atoms with Crippen LogP contribution in [0.1, 0.15) is 80.1 Å². The first kappa shape index (κ1) is 22.0. The van der Waals surface area contributed by atoms with Crippen molar-refractivity contribution in [3.63, 3.8) is 0 Å². The van der Waals surface area contributed by atoms with Crippen LogP contribution in [-0.4, -0.2) is 10.7 Å². The zero-order valence-corrected chi connectivity index (χ0v) is 19.8. The molecule has 1 aromatic heterocycles. The smallest absolute Gasteiger partial charge is 0.257 e. The molecule has 0 bridgehead atoms. The molecular formula is C27H36N3+. The third kappa shape index (κ3) is 4.56. The SMILES string of the molecule is CC(Cc1[nH]cc[n+]1-c1c(C)cc(C)cc1C)=Nc1c(C(C)C)cccc1C(C)C. The first-order valence-corrected chi connectivity index (χ1v) is 11.0. The average molecular weight is 403 g/mol. The van der Waals surface area contributed by atoms with Gasteiger partial charge in [-0.15, -0.1) is 0 Å². The minimum absolute atomic E-state index is 0.448. The second-order valence-corrected chi connectivity index (χ2v) is 9.14. The van der Waals surface area contributed by atoms with Gasteiger partial charge in [0.1, 0.15) is 18.1 Å². The van der Waals surface area contributed by atoms with Crippen molar-refractivity contribution >= 4 is 11.4 Å². The number of hydrogen-bond donors (Lipinski definition) is 1. The van der Waals surface area contributed by atoms with Crippen LogP contribution in [0.3, 0.4) is 0 Å². The van der Waals surface area contributed by atoms with E-state index in [0.29, 0.717) is 11.8 Å². The summed E-state index contributed by atoms with van der Waals surface area (Å²) in [6.45, 7) is 17.7. The Morgan fingerprint density at radius 2 is 1.53 bits per heavy atom. The summed E-state index contributed by atoms with van der Waals surface area (Å²) in [6, 6.07) is 11.1. The first-order chi connectivity index (χ1) is 14.2. The second kappa shape index (κ2) is 8.99. The van der Waals surface area contributed by atoms with Crippen LogP contribution in [0.25, 0.3) is 5.69 Å². The maximum absolute atomic E-state index is 5.15. The van der Waals surface area contributed by atoms with Crippen molar-refractivity contribution in [1.82, 2.24) is 4.98 Å². The summed E-state index contributed by atoms with van der Waals surface area (Å²) in [4.78, 5) is 8.60. The Morgan fingerprint density at radius 1 is 0.967 bits per heavy atom. The van der Waals surface area contributed by atoms with Crippen LogP contribution in [0.2, 0.25) is 0 Å². The molecule has 0 amide bonds. The molecule has 3 nitrogen and oxygen atoms in total. The van der Waals surface area contributed by atoms with E-state index in [1.807, 2.05) is 6.20 Å². The zero-order chi connectivity index (χ0) is 22.0. The van der Waals surface area contributed by atoms with E-state index in [1.54, 1.807) is 0 Å². The van der Waals surface area contributed by atoms with Gasteiger partial charge >= 0.3 is 0 Å². The van der Waals surface area contributed by atoms with Crippen LogP contribution in [0.15, 0.2) is 47.7 Å². The minimum atomic E-state index is 0.448. The lowest BCUT2D eigenvalue weighted by Crippen LogP contribution is -2.36. The van der Waals surface area contributed by atoms with Crippen molar-refractivity contribution in [3.8, 4) is 5.69 Å². The first-order valence-electron chi connectivity index (χ1n) is 11.0. The van der Waals surface area contributed by atoms with E-state index >= 15 is 0 Å². The number of rotatable bonds is 6. The maximum Gasteiger partial charge on any atom is 0.265 e. The molecule has 0 atom stereocenters. The van der Waals surface area contributed by atoms with Crippen molar-refractivity contribution in [2.24, 2.45) is 4.99 Å². The Kier molecular flexibility index (Phi) is 6.60. The van der Waals surface area contributed by atoms with Gasteiger partial charge < -0.3 is 0 Å². The van der Waals surface area contributed by atoms with E-state index in [1.165, 1.54) is 33.5 Å². The number of nitrogens with zero attached hydrogens (tertiary/aromatic N) is 2. The number of para-hydroxylation sites is 1. The summed E-state index contributed by atoms with van der Waals surface area (Å²) in [6.07, 6.45) is 4.92. The van der Waals surface area contributed by atoms with E-state index in [0.717, 1.165) is 23.6 Å². The maximum atomic E-state index is 5.15. The summed E-state index contributed by atoms with van der Waals surface area (Å²) in [5.41, 5.74) is 10.1. The Balaban J connectivity index is 2.01. The minimum Gasteiger partial charge on any atom is -0.257 e. The van der Waals surface area contributed by atoms with Gasteiger partial charge in [0, 0.05) is 5.71 Å². The van der Waals surface area contributed by atoms with Gasteiger partial charge in [-0.1, -0.05) is 63.6 Å². The van der Waals surface area contributed by atoms with Crippen LogP contribution < -0.4 is 4.57 Å². The topological polar surface area (TPSA) is 32.0 Å². The molecule has 1 heterocycles. The number of hydrogen-bond acceptors (Lipinski definition) is 1. The van der Waals surface area contributed by atoms with Gasteiger partial charge in [-0.25, -0.2) is 4.98 Å². The third-order valence-electron chi connectivity index (χ3n) is 5.71. The largest absolute Gasteiger partial charge is 0.265 e. The summed E-state index contributed by atoms with van der Waals surface area (Å²) >= 11 is 0. The molecule has 2 aromatic carbocycles. The number of aliphatic imine (C=N–C) groups is 1. The molecule has 3 aromatic rings. The number of aryl methyl sites for hydroxylation is 3. The van der Waals surface area contributed by atoms with Crippen molar-refractivity contribution < 1.29 is 4.57 Å². The lowest BCUT2D eigenvalue weighted by molar-refractivity contribution is -0.602. The molecule has 158 valence electrons. The highest BCUT2D eigenvalue weighted by Crippen LogP contribution is 2.35. The lowest BCUT2D eigenvalue weighted by Gasteiger charge is -2.17. The number of benzene rings is 2. The van der Waals surface area contributed by atoms with Crippen LogP contribution >= 0.6 is 0 Å². The number of aromatic amines is 1. The molecule has 0 aliphatic rings. The normalized spacial score (nSPS) is 12.3. The third-order valence-corrected chi connectivity index (χ3v) is 5.71. The van der Waals surface area contributed by atoms with Crippen LogP contribution in [0.4, 0.5) is 5.69 Å².